The fourth-order valence-electron chi connectivity index (χ4n) is 3.83. The van der Waals surface area contributed by atoms with E-state index in [0.29, 0.717) is 0 Å². The van der Waals surface area contributed by atoms with Crippen molar-refractivity contribution >= 4 is 5.78 Å². The Morgan fingerprint density at radius 1 is 0.467 bits per heavy atom. The topological polar surface area (TPSA) is 17.1 Å². The van der Waals surface area contributed by atoms with Gasteiger partial charge in [-0.1, -0.05) is 96.1 Å². The fourth-order valence-corrected chi connectivity index (χ4v) is 3.83. The van der Waals surface area contributed by atoms with Gasteiger partial charge in [0, 0.05) is 11.1 Å². The summed E-state index contributed by atoms with van der Waals surface area (Å²) in [5.41, 5.74) is 10.6. The Labute approximate surface area is 179 Å². The van der Waals surface area contributed by atoms with Crippen LogP contribution < -0.4 is 0 Å². The van der Waals surface area contributed by atoms with E-state index in [4.69, 9.17) is 0 Å². The van der Waals surface area contributed by atoms with Crippen LogP contribution in [0.25, 0.3) is 22.3 Å². The van der Waals surface area contributed by atoms with Gasteiger partial charge in [-0.25, -0.2) is 0 Å². The van der Waals surface area contributed by atoms with Crippen molar-refractivity contribution < 1.29 is 4.79 Å². The molecule has 0 fully saturated rings. The molecule has 4 aromatic carbocycles. The lowest BCUT2D eigenvalue weighted by molar-refractivity contribution is 0.103. The summed E-state index contributed by atoms with van der Waals surface area (Å²) in [4.78, 5) is 13.3. The Bertz CT molecular complexity index is 1120. The standard InChI is InChI=1S/C29H26O/c1-19-5-9-23(10-6-19)25-13-15-27(21(3)17-25)29(30)28-16-14-26(18-22(28)4)24-11-7-20(2)8-12-24/h5-18H,1-4H3. The number of ketones is 1. The zero-order valence-electron chi connectivity index (χ0n) is 18.0. The van der Waals surface area contributed by atoms with Gasteiger partial charge in [-0.05, 0) is 61.1 Å². The average Bonchev–Trinajstić information content (AvgIpc) is 2.74. The Hall–Kier alpha value is -3.45. The molecule has 0 atom stereocenters. The van der Waals surface area contributed by atoms with Gasteiger partial charge >= 0.3 is 0 Å². The molecule has 0 bridgehead atoms. The summed E-state index contributed by atoms with van der Waals surface area (Å²) in [6.07, 6.45) is 0. The van der Waals surface area contributed by atoms with Gasteiger partial charge in [0.25, 0.3) is 0 Å². The van der Waals surface area contributed by atoms with Gasteiger partial charge in [0.2, 0.25) is 0 Å². The summed E-state index contributed by atoms with van der Waals surface area (Å²) >= 11 is 0. The van der Waals surface area contributed by atoms with Crippen LogP contribution in [0, 0.1) is 27.7 Å². The third kappa shape index (κ3) is 3.97. The monoisotopic (exact) mass is 390 g/mol. The lowest BCUT2D eigenvalue weighted by Gasteiger charge is -2.12. The first-order valence-corrected chi connectivity index (χ1v) is 10.3. The Balaban J connectivity index is 1.64. The highest BCUT2D eigenvalue weighted by Crippen LogP contribution is 2.27. The molecular formula is C29H26O. The maximum Gasteiger partial charge on any atom is 0.193 e. The molecule has 0 N–H and O–H groups in total. The molecule has 0 amide bonds. The van der Waals surface area contributed by atoms with E-state index in [1.807, 2.05) is 38.1 Å². The largest absolute Gasteiger partial charge is 0.289 e. The van der Waals surface area contributed by atoms with Crippen molar-refractivity contribution in [2.75, 3.05) is 0 Å². The van der Waals surface area contributed by atoms with Crippen molar-refractivity contribution in [3.05, 3.63) is 118 Å². The zero-order valence-corrected chi connectivity index (χ0v) is 18.0. The van der Waals surface area contributed by atoms with E-state index >= 15 is 0 Å². The highest BCUT2D eigenvalue weighted by molar-refractivity contribution is 6.11. The Kier molecular flexibility index (Phi) is 5.37. The van der Waals surface area contributed by atoms with Crippen LogP contribution in [0.3, 0.4) is 0 Å². The van der Waals surface area contributed by atoms with Crippen LogP contribution in [0.4, 0.5) is 0 Å². The van der Waals surface area contributed by atoms with Crippen molar-refractivity contribution in [3.63, 3.8) is 0 Å². The normalized spacial score (nSPS) is 10.8. The van der Waals surface area contributed by atoms with Crippen LogP contribution in [0.15, 0.2) is 84.9 Å². The van der Waals surface area contributed by atoms with E-state index < -0.39 is 0 Å². The number of aryl methyl sites for hydroxylation is 4. The summed E-state index contributed by atoms with van der Waals surface area (Å²) < 4.78 is 0. The number of carbonyl (C=O) groups is 1. The van der Waals surface area contributed by atoms with Crippen molar-refractivity contribution in [1.29, 1.82) is 0 Å². The molecule has 30 heavy (non-hydrogen) atoms. The highest BCUT2D eigenvalue weighted by Gasteiger charge is 2.15. The van der Waals surface area contributed by atoms with Crippen molar-refractivity contribution in [1.82, 2.24) is 0 Å². The Morgan fingerprint density at radius 3 is 1.13 bits per heavy atom. The molecule has 0 saturated heterocycles. The first-order chi connectivity index (χ1) is 14.4. The van der Waals surface area contributed by atoms with Crippen LogP contribution in [0.1, 0.15) is 38.2 Å². The van der Waals surface area contributed by atoms with Gasteiger partial charge in [0.05, 0.1) is 0 Å². The molecule has 0 radical (unpaired) electrons. The van der Waals surface area contributed by atoms with Gasteiger partial charge in [0.15, 0.2) is 5.78 Å². The molecule has 1 heteroatoms. The van der Waals surface area contributed by atoms with Crippen LogP contribution >= 0.6 is 0 Å². The molecule has 0 unspecified atom stereocenters. The van der Waals surface area contributed by atoms with Gasteiger partial charge in [-0.2, -0.15) is 0 Å². The van der Waals surface area contributed by atoms with Gasteiger partial charge in [-0.15, -0.1) is 0 Å². The van der Waals surface area contributed by atoms with E-state index in [0.717, 1.165) is 33.4 Å². The lowest BCUT2D eigenvalue weighted by Crippen LogP contribution is -2.06. The smallest absolute Gasteiger partial charge is 0.193 e. The Morgan fingerprint density at radius 2 is 0.800 bits per heavy atom. The second kappa shape index (κ2) is 8.12. The SMILES string of the molecule is Cc1ccc(-c2ccc(C(=O)c3ccc(-c4ccc(C)cc4)cc3C)c(C)c2)cc1. The van der Waals surface area contributed by atoms with E-state index in [2.05, 4.69) is 74.5 Å². The minimum atomic E-state index is 0.0795. The molecule has 4 rings (SSSR count). The van der Waals surface area contributed by atoms with Crippen molar-refractivity contribution in [2.24, 2.45) is 0 Å². The lowest BCUT2D eigenvalue weighted by atomic mass is 9.91. The van der Waals surface area contributed by atoms with Gasteiger partial charge < -0.3 is 0 Å². The fraction of sp³-hybridized carbons (Fsp3) is 0.138. The minimum absolute atomic E-state index is 0.0795. The third-order valence-electron chi connectivity index (χ3n) is 5.71. The van der Waals surface area contributed by atoms with Crippen molar-refractivity contribution in [3.8, 4) is 22.3 Å². The maximum absolute atomic E-state index is 13.3. The van der Waals surface area contributed by atoms with Gasteiger partial charge in [0.1, 0.15) is 0 Å². The van der Waals surface area contributed by atoms with Crippen molar-refractivity contribution in [2.45, 2.75) is 27.7 Å². The molecule has 0 spiro atoms. The number of rotatable bonds is 4. The minimum Gasteiger partial charge on any atom is -0.289 e. The van der Waals surface area contributed by atoms with E-state index in [-0.39, 0.29) is 5.78 Å². The number of hydrogen-bond acceptors (Lipinski definition) is 1. The van der Waals surface area contributed by atoms with Gasteiger partial charge in [-0.3, -0.25) is 4.79 Å². The first-order valence-electron chi connectivity index (χ1n) is 10.3. The quantitative estimate of drug-likeness (QED) is 0.330. The maximum atomic E-state index is 13.3. The first kappa shape index (κ1) is 19.8. The molecule has 0 aliphatic rings. The summed E-state index contributed by atoms with van der Waals surface area (Å²) in [5, 5.41) is 0. The molecule has 4 aromatic rings. The number of benzene rings is 4. The second-order valence-electron chi connectivity index (χ2n) is 8.12. The number of carbonyl (C=O) groups excluding carboxylic acids is 1. The summed E-state index contributed by atoms with van der Waals surface area (Å²) in [5.74, 6) is 0.0795. The predicted molar refractivity (Wildman–Crippen MR) is 126 cm³/mol. The molecular weight excluding hydrogens is 364 g/mol. The zero-order chi connectivity index (χ0) is 21.3. The highest BCUT2D eigenvalue weighted by atomic mass is 16.1. The molecule has 0 aliphatic heterocycles. The van der Waals surface area contributed by atoms with Crippen LogP contribution in [0.2, 0.25) is 0 Å². The van der Waals surface area contributed by atoms with Crippen LogP contribution in [-0.2, 0) is 0 Å². The van der Waals surface area contributed by atoms with Crippen LogP contribution in [-0.4, -0.2) is 5.78 Å². The number of hydrogen-bond donors (Lipinski definition) is 0. The molecule has 0 aliphatic carbocycles. The molecule has 148 valence electrons. The van der Waals surface area contributed by atoms with E-state index in [1.54, 1.807) is 0 Å². The molecule has 0 heterocycles. The summed E-state index contributed by atoms with van der Waals surface area (Å²) in [6.45, 7) is 8.20. The molecule has 0 aromatic heterocycles. The summed E-state index contributed by atoms with van der Waals surface area (Å²) in [7, 11) is 0. The van der Waals surface area contributed by atoms with E-state index in [1.165, 1.54) is 22.3 Å². The van der Waals surface area contributed by atoms with Crippen LogP contribution in [0.5, 0.6) is 0 Å². The predicted octanol–water partition coefficient (Wildman–Crippen LogP) is 7.49. The third-order valence-corrected chi connectivity index (χ3v) is 5.71. The molecule has 0 saturated carbocycles. The molecule has 1 nitrogen and oxygen atoms in total. The second-order valence-corrected chi connectivity index (χ2v) is 8.12. The van der Waals surface area contributed by atoms with E-state index in [9.17, 15) is 4.79 Å². The summed E-state index contributed by atoms with van der Waals surface area (Å²) in [6, 6.07) is 29.2. The average molecular weight is 391 g/mol.